The highest BCUT2D eigenvalue weighted by Crippen LogP contribution is 2.43. The van der Waals surface area contributed by atoms with Gasteiger partial charge in [0.2, 0.25) is 0 Å². The first kappa shape index (κ1) is 49.9. The molecular weight excluding hydrogens is 673 g/mol. The molecule has 0 spiro atoms. The lowest BCUT2D eigenvalue weighted by Gasteiger charge is -2.24. The van der Waals surface area contributed by atoms with Crippen LogP contribution in [0.3, 0.4) is 0 Å². The molecule has 0 radical (unpaired) electrons. The monoisotopic (exact) mass is 751 g/mol. The number of phosphoric acid groups is 1. The maximum atomic E-state index is 12.6. The van der Waals surface area contributed by atoms with Crippen molar-refractivity contribution in [2.75, 3.05) is 54.1 Å². The highest BCUT2D eigenvalue weighted by atomic mass is 31.2. The fourth-order valence-corrected chi connectivity index (χ4v) is 5.59. The van der Waals surface area contributed by atoms with Gasteiger partial charge in [-0.05, 0) is 77.0 Å². The Morgan fingerprint density at radius 2 is 1.12 bits per heavy atom. The molecular formula is C43H77NO7P+. The Morgan fingerprint density at radius 1 is 0.615 bits per heavy atom. The van der Waals surface area contributed by atoms with E-state index in [-0.39, 0.29) is 32.2 Å². The van der Waals surface area contributed by atoms with E-state index in [0.29, 0.717) is 24.1 Å². The molecule has 0 rings (SSSR count). The number of allylic oxidation sites excluding steroid dienone is 12. The van der Waals surface area contributed by atoms with E-state index in [1.165, 1.54) is 38.5 Å². The predicted octanol–water partition coefficient (Wildman–Crippen LogP) is 11.5. The molecule has 0 aromatic rings. The summed E-state index contributed by atoms with van der Waals surface area (Å²) in [5, 5.41) is 0. The van der Waals surface area contributed by atoms with Crippen LogP contribution in [-0.2, 0) is 27.9 Å². The van der Waals surface area contributed by atoms with E-state index < -0.39 is 13.9 Å². The van der Waals surface area contributed by atoms with Gasteiger partial charge in [-0.1, -0.05) is 125 Å². The van der Waals surface area contributed by atoms with Crippen LogP contribution < -0.4 is 0 Å². The maximum Gasteiger partial charge on any atom is 0.472 e. The van der Waals surface area contributed by atoms with Crippen molar-refractivity contribution in [1.29, 1.82) is 0 Å². The molecule has 0 aromatic carbocycles. The van der Waals surface area contributed by atoms with Crippen LogP contribution in [-0.4, -0.2) is 75.6 Å². The molecule has 2 unspecified atom stereocenters. The molecule has 0 aromatic heterocycles. The van der Waals surface area contributed by atoms with E-state index in [4.69, 9.17) is 18.5 Å². The Morgan fingerprint density at radius 3 is 1.67 bits per heavy atom. The molecule has 1 N–H and O–H groups in total. The summed E-state index contributed by atoms with van der Waals surface area (Å²) in [6, 6.07) is 0. The van der Waals surface area contributed by atoms with Crippen LogP contribution in [0.5, 0.6) is 0 Å². The first-order valence-electron chi connectivity index (χ1n) is 20.2. The van der Waals surface area contributed by atoms with Crippen LogP contribution in [0.4, 0.5) is 0 Å². The van der Waals surface area contributed by atoms with Crippen LogP contribution in [0.25, 0.3) is 0 Å². The normalized spacial score (nSPS) is 14.7. The molecule has 0 bridgehead atoms. The van der Waals surface area contributed by atoms with E-state index >= 15 is 0 Å². The molecule has 300 valence electrons. The van der Waals surface area contributed by atoms with Crippen LogP contribution in [0.2, 0.25) is 0 Å². The zero-order chi connectivity index (χ0) is 38.4. The Hall–Kier alpha value is -2.06. The van der Waals surface area contributed by atoms with Crippen molar-refractivity contribution in [3.05, 3.63) is 72.9 Å². The Kier molecular flexibility index (Phi) is 34.5. The summed E-state index contributed by atoms with van der Waals surface area (Å²) in [4.78, 5) is 22.8. The second kappa shape index (κ2) is 35.9. The van der Waals surface area contributed by atoms with Crippen LogP contribution in [0, 0.1) is 0 Å². The zero-order valence-electron chi connectivity index (χ0n) is 33.8. The molecule has 0 heterocycles. The number of hydrogen-bond donors (Lipinski definition) is 1. The van der Waals surface area contributed by atoms with Gasteiger partial charge in [-0.3, -0.25) is 13.8 Å². The molecule has 0 saturated heterocycles. The van der Waals surface area contributed by atoms with Gasteiger partial charge in [0, 0.05) is 13.0 Å². The largest absolute Gasteiger partial charge is 0.472 e. The van der Waals surface area contributed by atoms with Crippen molar-refractivity contribution in [2.24, 2.45) is 0 Å². The number of ether oxygens (including phenoxy) is 2. The minimum Gasteiger partial charge on any atom is -0.457 e. The van der Waals surface area contributed by atoms with Crippen molar-refractivity contribution >= 4 is 13.8 Å². The smallest absolute Gasteiger partial charge is 0.457 e. The Balaban J connectivity index is 4.39. The minimum atomic E-state index is -4.29. The lowest BCUT2D eigenvalue weighted by Crippen LogP contribution is -2.37. The zero-order valence-corrected chi connectivity index (χ0v) is 34.7. The lowest BCUT2D eigenvalue weighted by atomic mass is 10.1. The van der Waals surface area contributed by atoms with Gasteiger partial charge in [0.15, 0.2) is 0 Å². The molecule has 0 fully saturated rings. The number of phosphoric ester groups is 1. The standard InChI is InChI=1S/C43H76NO7P/c1-6-8-10-12-14-16-18-20-22-24-26-28-30-32-34-36-43(45)51-42(41-50-52(46,47)49-39-37-44(3,4)5)40-48-38-35-33-31-29-27-25-23-21-19-17-15-13-11-9-7-2/h8,10,13-16,19-22,26,28,42H,6-7,9,11-12,17-18,23-25,27,29-41H2,1-5H3/p+1/b10-8-,15-13-,16-14-,21-19-,22-20-,28-26-. The van der Waals surface area contributed by atoms with Crippen molar-refractivity contribution in [2.45, 2.75) is 142 Å². The Bertz CT molecular complexity index is 1060. The molecule has 0 saturated carbocycles. The SMILES string of the molecule is CC/C=C\C/C=C\C/C=C\C/C=C\CCCCC(=O)OC(COCCCCCCCC/C=C\C/C=C\CCCC)COP(=O)(O)OCC[N+](C)(C)C. The second-order valence-corrected chi connectivity index (χ2v) is 15.7. The molecule has 2 atom stereocenters. The first-order valence-corrected chi connectivity index (χ1v) is 21.7. The second-order valence-electron chi connectivity index (χ2n) is 14.3. The van der Waals surface area contributed by atoms with Crippen LogP contribution in [0.1, 0.15) is 136 Å². The van der Waals surface area contributed by atoms with Gasteiger partial charge in [-0.25, -0.2) is 4.57 Å². The third-order valence-electron chi connectivity index (χ3n) is 8.00. The third-order valence-corrected chi connectivity index (χ3v) is 8.99. The number of nitrogens with zero attached hydrogens (tertiary/aromatic N) is 1. The van der Waals surface area contributed by atoms with Gasteiger partial charge in [0.25, 0.3) is 0 Å². The average Bonchev–Trinajstić information content (AvgIpc) is 3.09. The molecule has 8 nitrogen and oxygen atoms in total. The van der Waals surface area contributed by atoms with E-state index in [2.05, 4.69) is 86.8 Å². The van der Waals surface area contributed by atoms with E-state index in [0.717, 1.165) is 70.6 Å². The number of hydrogen-bond acceptors (Lipinski definition) is 6. The fraction of sp³-hybridized carbons (Fsp3) is 0.698. The number of esters is 1. The van der Waals surface area contributed by atoms with Crippen molar-refractivity contribution in [3.63, 3.8) is 0 Å². The summed E-state index contributed by atoms with van der Waals surface area (Å²) in [6.45, 7) is 5.35. The van der Waals surface area contributed by atoms with Gasteiger partial charge < -0.3 is 18.9 Å². The van der Waals surface area contributed by atoms with Gasteiger partial charge >= 0.3 is 13.8 Å². The highest BCUT2D eigenvalue weighted by molar-refractivity contribution is 7.47. The number of carbonyl (C=O) groups is 1. The number of carbonyl (C=O) groups excluding carboxylic acids is 1. The minimum absolute atomic E-state index is 0.0744. The number of quaternary nitrogens is 1. The molecule has 0 amide bonds. The average molecular weight is 751 g/mol. The molecule has 0 aliphatic heterocycles. The van der Waals surface area contributed by atoms with E-state index in [1.807, 2.05) is 21.1 Å². The van der Waals surface area contributed by atoms with Gasteiger partial charge in [0.05, 0.1) is 34.4 Å². The summed E-state index contributed by atoms with van der Waals surface area (Å²) < 4.78 is 34.8. The van der Waals surface area contributed by atoms with E-state index in [9.17, 15) is 14.3 Å². The topological polar surface area (TPSA) is 91.3 Å². The number of rotatable bonds is 36. The summed E-state index contributed by atoms with van der Waals surface area (Å²) in [5.74, 6) is -0.362. The third kappa shape index (κ3) is 39.2. The summed E-state index contributed by atoms with van der Waals surface area (Å²) in [5.41, 5.74) is 0. The molecule has 0 aliphatic rings. The lowest BCUT2D eigenvalue weighted by molar-refractivity contribution is -0.870. The van der Waals surface area contributed by atoms with Crippen LogP contribution >= 0.6 is 7.82 Å². The molecule has 52 heavy (non-hydrogen) atoms. The van der Waals surface area contributed by atoms with Crippen molar-refractivity contribution in [3.8, 4) is 0 Å². The van der Waals surface area contributed by atoms with Gasteiger partial charge in [-0.2, -0.15) is 0 Å². The van der Waals surface area contributed by atoms with Gasteiger partial charge in [0.1, 0.15) is 19.3 Å². The summed E-state index contributed by atoms with van der Waals surface area (Å²) in [6.07, 6.45) is 45.1. The summed E-state index contributed by atoms with van der Waals surface area (Å²) >= 11 is 0. The van der Waals surface area contributed by atoms with Crippen molar-refractivity contribution < 1.29 is 37.3 Å². The first-order chi connectivity index (χ1) is 25.1. The number of likely N-dealkylation sites (N-methyl/N-ethyl adjacent to an activating group) is 1. The maximum absolute atomic E-state index is 12.6. The van der Waals surface area contributed by atoms with Crippen LogP contribution in [0.15, 0.2) is 72.9 Å². The fourth-order valence-electron chi connectivity index (χ4n) is 4.85. The highest BCUT2D eigenvalue weighted by Gasteiger charge is 2.26. The predicted molar refractivity (Wildman–Crippen MR) is 219 cm³/mol. The van der Waals surface area contributed by atoms with Gasteiger partial charge in [-0.15, -0.1) is 0 Å². The molecule has 9 heteroatoms. The Labute approximate surface area is 319 Å². The van der Waals surface area contributed by atoms with E-state index in [1.54, 1.807) is 0 Å². The molecule has 0 aliphatic carbocycles. The quantitative estimate of drug-likeness (QED) is 0.0224. The number of unbranched alkanes of at least 4 members (excludes halogenated alkanes) is 10. The summed E-state index contributed by atoms with van der Waals surface area (Å²) in [7, 11) is 1.62. The van der Waals surface area contributed by atoms with Crippen molar-refractivity contribution in [1.82, 2.24) is 0 Å².